The molecule has 2 aliphatic carbocycles. The third-order valence-corrected chi connectivity index (χ3v) is 7.55. The Balaban J connectivity index is 1.44. The molecule has 0 atom stereocenters. The van der Waals surface area contributed by atoms with Crippen LogP contribution in [0.15, 0.2) is 49.1 Å². The van der Waals surface area contributed by atoms with Crippen molar-refractivity contribution < 1.29 is 13.5 Å². The van der Waals surface area contributed by atoms with Crippen LogP contribution < -0.4 is 4.74 Å². The van der Waals surface area contributed by atoms with Gasteiger partial charge in [-0.25, -0.2) is 8.78 Å². The van der Waals surface area contributed by atoms with Crippen LogP contribution in [0.3, 0.4) is 0 Å². The van der Waals surface area contributed by atoms with E-state index in [0.717, 1.165) is 48.8 Å². The van der Waals surface area contributed by atoms with Crippen LogP contribution in [0.4, 0.5) is 8.78 Å². The van der Waals surface area contributed by atoms with Crippen molar-refractivity contribution in [2.75, 3.05) is 6.61 Å². The van der Waals surface area contributed by atoms with Gasteiger partial charge in [0.25, 0.3) is 0 Å². The number of allylic oxidation sites excluding steroid dienone is 2. The zero-order chi connectivity index (χ0) is 21.8. The van der Waals surface area contributed by atoms with Crippen molar-refractivity contribution in [3.63, 3.8) is 0 Å². The zero-order valence-corrected chi connectivity index (χ0v) is 18.6. The minimum atomic E-state index is -0.749. The lowest BCUT2D eigenvalue weighted by Crippen LogP contribution is -2.25. The van der Waals surface area contributed by atoms with Crippen molar-refractivity contribution in [1.82, 2.24) is 0 Å². The summed E-state index contributed by atoms with van der Waals surface area (Å²) >= 11 is 0. The topological polar surface area (TPSA) is 9.23 Å². The highest BCUT2D eigenvalue weighted by Gasteiger charge is 2.32. The van der Waals surface area contributed by atoms with Gasteiger partial charge in [-0.2, -0.15) is 0 Å². The monoisotopic (exact) mass is 424 g/mol. The molecular weight excluding hydrogens is 390 g/mol. The third-order valence-electron chi connectivity index (χ3n) is 7.55. The molecule has 1 nitrogen and oxygen atoms in total. The van der Waals surface area contributed by atoms with Gasteiger partial charge >= 0.3 is 0 Å². The molecule has 0 amide bonds. The molecule has 2 aromatic carbocycles. The van der Waals surface area contributed by atoms with Crippen LogP contribution in [-0.2, 0) is 0 Å². The quantitative estimate of drug-likeness (QED) is 0.423. The van der Waals surface area contributed by atoms with Crippen molar-refractivity contribution in [2.24, 2.45) is 17.8 Å². The molecule has 0 saturated heterocycles. The van der Waals surface area contributed by atoms with Crippen LogP contribution >= 0.6 is 0 Å². The maximum absolute atomic E-state index is 15.0. The molecule has 0 radical (unpaired) electrons. The Morgan fingerprint density at radius 2 is 1.61 bits per heavy atom. The van der Waals surface area contributed by atoms with Gasteiger partial charge in [-0.15, -0.1) is 0 Å². The van der Waals surface area contributed by atoms with Crippen LogP contribution in [0.5, 0.6) is 5.75 Å². The van der Waals surface area contributed by atoms with Gasteiger partial charge in [-0.05, 0) is 111 Å². The maximum atomic E-state index is 15.0. The van der Waals surface area contributed by atoms with Crippen LogP contribution in [-0.4, -0.2) is 6.61 Å². The molecule has 0 heterocycles. The first-order valence-corrected chi connectivity index (χ1v) is 11.9. The van der Waals surface area contributed by atoms with Gasteiger partial charge in [0.1, 0.15) is 12.4 Å². The molecule has 0 bridgehead atoms. The molecule has 0 aliphatic heterocycles. The Morgan fingerprint density at radius 1 is 0.935 bits per heavy atom. The second-order valence-corrected chi connectivity index (χ2v) is 9.39. The van der Waals surface area contributed by atoms with E-state index in [0.29, 0.717) is 17.9 Å². The van der Waals surface area contributed by atoms with Gasteiger partial charge in [-0.3, -0.25) is 0 Å². The molecule has 31 heavy (non-hydrogen) atoms. The summed E-state index contributed by atoms with van der Waals surface area (Å²) in [4.78, 5) is 0. The van der Waals surface area contributed by atoms with Gasteiger partial charge in [0, 0.05) is 5.39 Å². The van der Waals surface area contributed by atoms with E-state index in [-0.39, 0.29) is 11.3 Å². The van der Waals surface area contributed by atoms with Gasteiger partial charge < -0.3 is 4.74 Å². The van der Waals surface area contributed by atoms with Crippen molar-refractivity contribution in [3.8, 4) is 5.75 Å². The summed E-state index contributed by atoms with van der Waals surface area (Å²) in [6.07, 6.45) is 15.6. The van der Waals surface area contributed by atoms with Crippen LogP contribution in [0.2, 0.25) is 0 Å². The van der Waals surface area contributed by atoms with Gasteiger partial charge in [0.2, 0.25) is 0 Å². The van der Waals surface area contributed by atoms with E-state index < -0.39 is 11.6 Å². The minimum Gasteiger partial charge on any atom is -0.490 e. The summed E-state index contributed by atoms with van der Waals surface area (Å²) in [6, 6.07) is 7.09. The molecule has 166 valence electrons. The van der Waals surface area contributed by atoms with E-state index in [9.17, 15) is 4.39 Å². The van der Waals surface area contributed by atoms with E-state index >= 15 is 4.39 Å². The van der Waals surface area contributed by atoms with Crippen molar-refractivity contribution in [1.29, 1.82) is 0 Å². The molecule has 2 saturated carbocycles. The standard InChI is InChI=1S/C28H34F2O/c1-3-5-19-6-8-20(9-7-19)21-10-12-22(13-11-21)25-17-23-14-15-24(31-16-4-2)18-26(23)28(30)27(25)29/h3-5,14-15,17-22H,2,6-13,16H2,1H3/b5-3+. The van der Waals surface area contributed by atoms with Crippen molar-refractivity contribution in [3.05, 3.63) is 66.3 Å². The number of benzene rings is 2. The lowest BCUT2D eigenvalue weighted by molar-refractivity contribution is 0.170. The summed E-state index contributed by atoms with van der Waals surface area (Å²) in [5.74, 6) is 1.55. The summed E-state index contributed by atoms with van der Waals surface area (Å²) in [5.41, 5.74) is 0.556. The zero-order valence-electron chi connectivity index (χ0n) is 18.6. The molecule has 3 heteroatoms. The first-order chi connectivity index (χ1) is 15.1. The number of ether oxygens (including phenoxy) is 1. The molecule has 2 aliphatic rings. The average Bonchev–Trinajstić information content (AvgIpc) is 2.81. The first-order valence-electron chi connectivity index (χ1n) is 11.9. The van der Waals surface area contributed by atoms with Gasteiger partial charge in [-0.1, -0.05) is 30.9 Å². The van der Waals surface area contributed by atoms with Crippen LogP contribution in [0, 0.1) is 29.4 Å². The average molecular weight is 425 g/mol. The minimum absolute atomic E-state index is 0.117. The molecule has 2 fully saturated rings. The predicted octanol–water partition coefficient (Wildman–Crippen LogP) is 8.34. The van der Waals surface area contributed by atoms with Crippen molar-refractivity contribution >= 4 is 10.8 Å². The van der Waals surface area contributed by atoms with E-state index in [1.54, 1.807) is 12.1 Å². The Hall–Kier alpha value is -2.16. The number of hydrogen-bond donors (Lipinski definition) is 0. The van der Waals surface area contributed by atoms with E-state index in [1.165, 1.54) is 25.7 Å². The van der Waals surface area contributed by atoms with Gasteiger partial charge in [0.15, 0.2) is 11.6 Å². The largest absolute Gasteiger partial charge is 0.490 e. The fourth-order valence-electron chi connectivity index (χ4n) is 5.85. The van der Waals surface area contributed by atoms with Crippen LogP contribution in [0.1, 0.15) is 69.8 Å². The summed E-state index contributed by atoms with van der Waals surface area (Å²) < 4.78 is 35.4. The molecule has 0 spiro atoms. The molecule has 0 N–H and O–H groups in total. The van der Waals surface area contributed by atoms with Crippen LogP contribution in [0.25, 0.3) is 10.8 Å². The highest BCUT2D eigenvalue weighted by atomic mass is 19.2. The fourth-order valence-corrected chi connectivity index (χ4v) is 5.85. The molecule has 2 aromatic rings. The number of rotatable bonds is 6. The van der Waals surface area contributed by atoms with E-state index in [4.69, 9.17) is 4.74 Å². The normalized spacial score (nSPS) is 26.9. The Bertz CT molecular complexity index is 932. The lowest BCUT2D eigenvalue weighted by Gasteiger charge is -2.37. The predicted molar refractivity (Wildman–Crippen MR) is 125 cm³/mol. The molecule has 0 aromatic heterocycles. The second-order valence-electron chi connectivity index (χ2n) is 9.39. The number of halogens is 2. The lowest BCUT2D eigenvalue weighted by atomic mass is 9.68. The van der Waals surface area contributed by atoms with Gasteiger partial charge in [0.05, 0.1) is 0 Å². The third kappa shape index (κ3) is 4.86. The van der Waals surface area contributed by atoms with E-state index in [1.807, 2.05) is 18.2 Å². The first kappa shape index (κ1) is 22.0. The SMILES string of the molecule is C=CCOc1ccc2cc(C3CCC(C4CCC(/C=C/C)CC4)CC3)c(F)c(F)c2c1. The highest BCUT2D eigenvalue weighted by molar-refractivity contribution is 5.85. The maximum Gasteiger partial charge on any atom is 0.167 e. The molecular formula is C28H34F2O. The summed E-state index contributed by atoms with van der Waals surface area (Å²) in [7, 11) is 0. The Kier molecular flexibility index (Phi) is 7.09. The molecule has 4 rings (SSSR count). The summed E-state index contributed by atoms with van der Waals surface area (Å²) in [5, 5.41) is 1.03. The Labute approximate surface area is 185 Å². The van der Waals surface area contributed by atoms with E-state index in [2.05, 4.69) is 25.7 Å². The summed E-state index contributed by atoms with van der Waals surface area (Å²) in [6.45, 7) is 6.07. The Morgan fingerprint density at radius 3 is 2.26 bits per heavy atom. The smallest absolute Gasteiger partial charge is 0.167 e. The molecule has 0 unspecified atom stereocenters. The number of fused-ring (bicyclic) bond motifs is 1. The second kappa shape index (κ2) is 9.97. The highest BCUT2D eigenvalue weighted by Crippen LogP contribution is 2.45. The number of hydrogen-bond acceptors (Lipinski definition) is 1. The van der Waals surface area contributed by atoms with Crippen molar-refractivity contribution in [2.45, 2.75) is 64.2 Å². The fraction of sp³-hybridized carbons (Fsp3) is 0.500.